The third-order valence-corrected chi connectivity index (χ3v) is 12.0. The highest BCUT2D eigenvalue weighted by Crippen LogP contribution is 2.42. The number of amides is 1. The lowest BCUT2D eigenvalue weighted by atomic mass is 10.0. The van der Waals surface area contributed by atoms with Crippen molar-refractivity contribution in [2.75, 3.05) is 13.7 Å². The lowest BCUT2D eigenvalue weighted by molar-refractivity contribution is 0.0135. The van der Waals surface area contributed by atoms with Crippen LogP contribution in [0.25, 0.3) is 10.9 Å². The number of methoxy groups -OCH3 is 1. The fraction of sp³-hybridized carbons (Fsp3) is 0.452. The third kappa shape index (κ3) is 7.74. The molecule has 1 aromatic heterocycles. The number of aromatic amines is 1. The quantitative estimate of drug-likeness (QED) is 0.229. The van der Waals surface area contributed by atoms with E-state index in [4.69, 9.17) is 13.9 Å². The molecule has 0 aliphatic carbocycles. The number of pyridine rings is 1. The Morgan fingerprint density at radius 1 is 1.05 bits per heavy atom. The summed E-state index contributed by atoms with van der Waals surface area (Å²) in [5.41, 5.74) is -0.753. The molecule has 0 radical (unpaired) electrons. The lowest BCUT2D eigenvalue weighted by Gasteiger charge is -2.41. The van der Waals surface area contributed by atoms with Crippen LogP contribution in [0.15, 0.2) is 41.2 Å². The first-order chi connectivity index (χ1) is 19.8. The van der Waals surface area contributed by atoms with E-state index in [2.05, 4.69) is 38.8 Å². The van der Waals surface area contributed by atoms with Gasteiger partial charge in [0, 0.05) is 17.0 Å². The van der Waals surface area contributed by atoms with Gasteiger partial charge in [0.05, 0.1) is 37.4 Å². The number of H-pyrrole nitrogens is 1. The molecule has 0 aliphatic rings. The summed E-state index contributed by atoms with van der Waals surface area (Å²) in [6.07, 6.45) is -1.48. The van der Waals surface area contributed by atoms with Crippen LogP contribution in [-0.4, -0.2) is 59.7 Å². The van der Waals surface area contributed by atoms with Crippen LogP contribution in [0.1, 0.15) is 69.1 Å². The van der Waals surface area contributed by atoms with Crippen molar-refractivity contribution >= 4 is 31.3 Å². The summed E-state index contributed by atoms with van der Waals surface area (Å²) >= 11 is 0. The van der Waals surface area contributed by atoms with E-state index in [1.165, 1.54) is 30.2 Å². The van der Waals surface area contributed by atoms with Gasteiger partial charge in [0.1, 0.15) is 11.4 Å². The van der Waals surface area contributed by atoms with Crippen LogP contribution >= 0.6 is 0 Å². The number of phenols is 1. The molecule has 3 rings (SSSR count). The molecule has 1 amide bonds. The maximum Gasteiger partial charge on any atom is 0.410 e. The van der Waals surface area contributed by atoms with Gasteiger partial charge in [0.2, 0.25) is 5.56 Å². The van der Waals surface area contributed by atoms with Crippen LogP contribution in [0, 0.1) is 5.82 Å². The van der Waals surface area contributed by atoms with Crippen LogP contribution in [-0.2, 0) is 15.7 Å². The van der Waals surface area contributed by atoms with E-state index in [-0.39, 0.29) is 40.7 Å². The van der Waals surface area contributed by atoms with Crippen molar-refractivity contribution in [3.8, 4) is 11.5 Å². The summed E-state index contributed by atoms with van der Waals surface area (Å²) in [4.78, 5) is 41.3. The van der Waals surface area contributed by atoms with E-state index in [0.717, 1.165) is 6.07 Å². The van der Waals surface area contributed by atoms with E-state index >= 15 is 4.39 Å². The van der Waals surface area contributed by atoms with Gasteiger partial charge in [-0.25, -0.2) is 14.0 Å². The first-order valence-electron chi connectivity index (χ1n) is 13.8. The Morgan fingerprint density at radius 3 is 2.26 bits per heavy atom. The van der Waals surface area contributed by atoms with Crippen molar-refractivity contribution in [2.45, 2.75) is 77.9 Å². The highest BCUT2D eigenvalue weighted by molar-refractivity contribution is 6.74. The number of nitrogens with one attached hydrogen (secondary N) is 1. The number of nitrogens with zero attached hydrogens (tertiary/aromatic N) is 1. The van der Waals surface area contributed by atoms with Crippen molar-refractivity contribution in [1.29, 1.82) is 0 Å². The molecule has 1 unspecified atom stereocenters. The van der Waals surface area contributed by atoms with Gasteiger partial charge >= 0.3 is 12.1 Å². The fourth-order valence-corrected chi connectivity index (χ4v) is 5.58. The van der Waals surface area contributed by atoms with E-state index in [9.17, 15) is 24.6 Å². The molecule has 0 spiro atoms. The van der Waals surface area contributed by atoms with Crippen LogP contribution in [0.3, 0.4) is 0 Å². The number of benzene rings is 2. The minimum Gasteiger partial charge on any atom is -0.506 e. The first-order valence-corrected chi connectivity index (χ1v) is 16.8. The second-order valence-electron chi connectivity index (χ2n) is 12.9. The molecule has 0 aliphatic heterocycles. The third-order valence-electron chi connectivity index (χ3n) is 7.51. The van der Waals surface area contributed by atoms with Gasteiger partial charge in [-0.1, -0.05) is 32.9 Å². The molecule has 3 N–H and O–H groups in total. The second kappa shape index (κ2) is 12.4. The lowest BCUT2D eigenvalue weighted by Crippen LogP contribution is -2.45. The van der Waals surface area contributed by atoms with E-state index in [1.54, 1.807) is 32.9 Å². The van der Waals surface area contributed by atoms with E-state index in [0.29, 0.717) is 10.9 Å². The predicted octanol–water partition coefficient (Wildman–Crippen LogP) is 6.58. The highest BCUT2D eigenvalue weighted by Gasteiger charge is 2.41. The zero-order valence-corrected chi connectivity index (χ0v) is 27.1. The normalized spacial score (nSPS) is 13.1. The van der Waals surface area contributed by atoms with E-state index < -0.39 is 49.0 Å². The van der Waals surface area contributed by atoms with Crippen molar-refractivity contribution in [1.82, 2.24) is 9.88 Å². The average molecular weight is 617 g/mol. The smallest absolute Gasteiger partial charge is 0.410 e. The Morgan fingerprint density at radius 2 is 1.70 bits per heavy atom. The minimum absolute atomic E-state index is 0.0636. The molecular weight excluding hydrogens is 575 g/mol. The Hall–Kier alpha value is -3.90. The molecule has 2 aromatic carbocycles. The van der Waals surface area contributed by atoms with Crippen molar-refractivity contribution in [2.24, 2.45) is 0 Å². The number of carboxylic acid groups (broad SMARTS) is 1. The Kier molecular flexibility index (Phi) is 9.67. The summed E-state index contributed by atoms with van der Waals surface area (Å²) in [6.45, 7) is 15.3. The number of carboxylic acids is 1. The Balaban J connectivity index is 2.21. The zero-order chi connectivity index (χ0) is 32.5. The number of rotatable bonds is 9. The number of aromatic hydroxyl groups is 1. The molecule has 10 nitrogen and oxygen atoms in total. The predicted molar refractivity (Wildman–Crippen MR) is 164 cm³/mol. The number of halogens is 1. The highest BCUT2D eigenvalue weighted by atomic mass is 28.4. The van der Waals surface area contributed by atoms with Crippen molar-refractivity contribution < 1.29 is 38.1 Å². The summed E-state index contributed by atoms with van der Waals surface area (Å²) in [5, 5.41) is 20.2. The topological polar surface area (TPSA) is 138 Å². The fourth-order valence-electron chi connectivity index (χ4n) is 4.31. The number of phenolic OH excluding ortho intramolecular Hbond substituents is 1. The molecule has 1 heterocycles. The van der Waals surface area contributed by atoms with Crippen LogP contribution in [0.2, 0.25) is 18.1 Å². The molecule has 43 heavy (non-hydrogen) atoms. The SMILES string of the molecule is COc1c(CN(CC(O[Si](C)(C)C(C)(C)C)c2ccc(O)c3[nH]c(=O)ccc23)C(=O)OC(C)(C)C)ccc(C(=O)O)c1F. The zero-order valence-electron chi connectivity index (χ0n) is 26.1. The molecule has 12 heteroatoms. The summed E-state index contributed by atoms with van der Waals surface area (Å²) in [6, 6.07) is 8.59. The maximum absolute atomic E-state index is 15.1. The van der Waals surface area contributed by atoms with Gasteiger partial charge in [0.25, 0.3) is 0 Å². The van der Waals surface area contributed by atoms with Gasteiger partial charge in [-0.3, -0.25) is 4.79 Å². The standard InChI is InChI=1S/C31H41FN2O8Si/c1-30(2,3)41-29(39)34(16-18-10-11-21(28(37)38)25(32)27(18)40-7)17-23(42-43(8,9)31(4,5)6)19-12-14-22(35)26-20(19)13-15-24(36)33-26/h10-15,23,35H,16-17H2,1-9H3,(H,33,36)(H,37,38). The van der Waals surface area contributed by atoms with E-state index in [1.807, 2.05) is 0 Å². The number of hydrogen-bond acceptors (Lipinski definition) is 7. The first kappa shape index (κ1) is 33.6. The monoisotopic (exact) mass is 616 g/mol. The molecular formula is C31H41FN2O8Si. The Bertz CT molecular complexity index is 1570. The van der Waals surface area contributed by atoms with Crippen molar-refractivity contribution in [3.63, 3.8) is 0 Å². The van der Waals surface area contributed by atoms with Gasteiger partial charge in [-0.05, 0) is 62.7 Å². The second-order valence-corrected chi connectivity index (χ2v) is 17.7. The van der Waals surface area contributed by atoms with Gasteiger partial charge in [-0.2, -0.15) is 0 Å². The number of ether oxygens (including phenoxy) is 2. The maximum atomic E-state index is 15.1. The number of fused-ring (bicyclic) bond motifs is 1. The molecule has 0 saturated carbocycles. The molecule has 0 saturated heterocycles. The molecule has 3 aromatic rings. The van der Waals surface area contributed by atoms with Crippen LogP contribution in [0.4, 0.5) is 9.18 Å². The minimum atomic E-state index is -2.51. The van der Waals surface area contributed by atoms with Crippen LogP contribution in [0.5, 0.6) is 11.5 Å². The number of carbonyl (C=O) groups excluding carboxylic acids is 1. The van der Waals surface area contributed by atoms with Gasteiger partial charge in [-0.15, -0.1) is 0 Å². The number of hydrogen-bond donors (Lipinski definition) is 3. The number of carbonyl (C=O) groups is 2. The molecule has 234 valence electrons. The molecule has 0 fully saturated rings. The number of aromatic carboxylic acids is 1. The Labute approximate surface area is 251 Å². The number of aromatic nitrogens is 1. The summed E-state index contributed by atoms with van der Waals surface area (Å²) in [7, 11) is -1.29. The largest absolute Gasteiger partial charge is 0.506 e. The van der Waals surface area contributed by atoms with Crippen molar-refractivity contribution in [3.05, 3.63) is 69.3 Å². The summed E-state index contributed by atoms with van der Waals surface area (Å²) in [5.74, 6) is -2.93. The summed E-state index contributed by atoms with van der Waals surface area (Å²) < 4.78 is 33.0. The van der Waals surface area contributed by atoms with Gasteiger partial charge in [0.15, 0.2) is 19.9 Å². The molecule has 1 atom stereocenters. The average Bonchev–Trinajstić information content (AvgIpc) is 2.86. The van der Waals surface area contributed by atoms with Gasteiger partial charge < -0.3 is 34.0 Å². The molecule has 0 bridgehead atoms. The van der Waals surface area contributed by atoms with Crippen LogP contribution < -0.4 is 10.3 Å².